The van der Waals surface area contributed by atoms with Gasteiger partial charge in [-0.3, -0.25) is 9.69 Å². The van der Waals surface area contributed by atoms with Crippen LogP contribution in [0.4, 0.5) is 0 Å². The van der Waals surface area contributed by atoms with Crippen molar-refractivity contribution in [1.82, 2.24) is 15.5 Å². The third-order valence-corrected chi connectivity index (χ3v) is 6.71. The molecule has 1 saturated heterocycles. The Kier molecular flexibility index (Phi) is 6.01. The molecule has 2 N–H and O–H groups in total. The van der Waals surface area contributed by atoms with Crippen LogP contribution in [0.1, 0.15) is 38.5 Å². The van der Waals surface area contributed by atoms with Crippen LogP contribution in [0.2, 0.25) is 0 Å². The average Bonchev–Trinajstić information content (AvgIpc) is 3.20. The van der Waals surface area contributed by atoms with E-state index in [1.165, 1.54) is 24.1 Å². The molecule has 3 atom stereocenters. The van der Waals surface area contributed by atoms with Crippen molar-refractivity contribution in [3.05, 3.63) is 11.4 Å². The quantitative estimate of drug-likeness (QED) is 0.424. The number of nitrogens with one attached hydrogen (secondary N) is 2. The molecule has 3 heterocycles. The number of nitrogens with zero attached hydrogens (tertiary/aromatic N) is 2. The van der Waals surface area contributed by atoms with E-state index >= 15 is 0 Å². The van der Waals surface area contributed by atoms with Gasteiger partial charge < -0.3 is 13.7 Å². The predicted octanol–water partition coefficient (Wildman–Crippen LogP) is 1.78. The summed E-state index contributed by atoms with van der Waals surface area (Å²) in [5, 5.41) is 6.52. The number of amides is 1. The second-order valence-corrected chi connectivity index (χ2v) is 8.49. The molecule has 7 nitrogen and oxygen atoms in total. The lowest BCUT2D eigenvalue weighted by Crippen LogP contribution is -2.34. The summed E-state index contributed by atoms with van der Waals surface area (Å²) in [6, 6.07) is 0. The number of likely N-dealkylation sites (tertiary alicyclic amines) is 1. The zero-order valence-corrected chi connectivity index (χ0v) is 17.7. The van der Waals surface area contributed by atoms with Gasteiger partial charge in [0.05, 0.1) is 6.54 Å². The molecule has 27 heavy (non-hydrogen) atoms. The number of aliphatic imine (C=N–C) groups is 1. The van der Waals surface area contributed by atoms with Crippen molar-refractivity contribution < 1.29 is 12.7 Å². The van der Waals surface area contributed by atoms with E-state index < -0.39 is 0 Å². The number of halogens is 1. The van der Waals surface area contributed by atoms with E-state index in [0.29, 0.717) is 18.4 Å². The third kappa shape index (κ3) is 4.47. The number of rotatable bonds is 7. The fraction of sp³-hybridized carbons (Fsp3) is 0.737. The summed E-state index contributed by atoms with van der Waals surface area (Å²) < 4.78 is 4.67. The van der Waals surface area contributed by atoms with Crippen LogP contribution in [0.15, 0.2) is 16.4 Å². The number of fused-ring (bicyclic) bond motifs is 1. The normalized spacial score (nSPS) is 29.4. The molecule has 0 aromatic rings. The summed E-state index contributed by atoms with van der Waals surface area (Å²) >= 11 is 1.62. The minimum atomic E-state index is -0.213. The number of piperidine rings is 1. The first-order valence-electron chi connectivity index (χ1n) is 9.99. The molecule has 8 heteroatoms. The number of allylic oxidation sites excluding steroid dienone is 1. The molecule has 1 saturated carbocycles. The lowest BCUT2D eigenvalue weighted by molar-refractivity contribution is -0.132. The van der Waals surface area contributed by atoms with E-state index in [0.717, 1.165) is 57.7 Å². The Labute approximate surface area is 174 Å². The van der Waals surface area contributed by atoms with E-state index in [4.69, 9.17) is 4.99 Å². The van der Waals surface area contributed by atoms with Crippen LogP contribution in [0.5, 0.6) is 0 Å². The first-order chi connectivity index (χ1) is 13.2. The van der Waals surface area contributed by atoms with Crippen LogP contribution < -0.4 is 10.6 Å². The van der Waals surface area contributed by atoms with E-state index in [1.807, 2.05) is 0 Å². The van der Waals surface area contributed by atoms with Gasteiger partial charge in [0.25, 0.3) is 0 Å². The highest BCUT2D eigenvalue weighted by atomic mass is 127. The highest BCUT2D eigenvalue weighted by molar-refractivity contribution is 14.1. The molecular weight excluding hydrogens is 459 g/mol. The Hall–Kier alpha value is -1.16. The van der Waals surface area contributed by atoms with E-state index in [1.54, 1.807) is 23.0 Å². The fourth-order valence-electron chi connectivity index (χ4n) is 4.76. The summed E-state index contributed by atoms with van der Waals surface area (Å²) in [7, 11) is 0. The molecule has 4 rings (SSSR count). The summed E-state index contributed by atoms with van der Waals surface area (Å²) in [5.41, 5.74) is 2.75. The molecule has 1 amide bonds. The predicted molar refractivity (Wildman–Crippen MR) is 110 cm³/mol. The maximum absolute atomic E-state index is 12.4. The molecule has 148 valence electrons. The van der Waals surface area contributed by atoms with Gasteiger partial charge in [-0.1, -0.05) is 0 Å². The molecular formula is C19H27IN4O3. The lowest BCUT2D eigenvalue weighted by Gasteiger charge is -2.24. The van der Waals surface area contributed by atoms with E-state index in [9.17, 15) is 9.59 Å². The number of carbonyl (C=O) groups excluding carboxylic acids is 2. The van der Waals surface area contributed by atoms with Gasteiger partial charge in [-0.05, 0) is 55.9 Å². The number of hydrogen-bond acceptors (Lipinski definition) is 6. The first kappa shape index (κ1) is 19.2. The van der Waals surface area contributed by atoms with Crippen molar-refractivity contribution in [3.8, 4) is 0 Å². The molecule has 0 aromatic heterocycles. The monoisotopic (exact) mass is 486 g/mol. The zero-order valence-electron chi connectivity index (χ0n) is 15.5. The van der Waals surface area contributed by atoms with Crippen LogP contribution in [0.25, 0.3) is 0 Å². The number of hydrogen-bond donors (Lipinski definition) is 2. The second-order valence-electron chi connectivity index (χ2n) is 8.05. The SMILES string of the molecule is O=C(CN1CC2C(C(=O)NCCCC3=NC4=C(CCCN4)CC3)[C@@H]2C1)OI. The van der Waals surface area contributed by atoms with Crippen molar-refractivity contribution in [1.29, 1.82) is 0 Å². The Bertz CT molecular complexity index is 666. The Morgan fingerprint density at radius 1 is 1.26 bits per heavy atom. The van der Waals surface area contributed by atoms with Crippen LogP contribution >= 0.6 is 23.0 Å². The van der Waals surface area contributed by atoms with Crippen LogP contribution in [0.3, 0.4) is 0 Å². The van der Waals surface area contributed by atoms with Gasteiger partial charge in [0.15, 0.2) is 23.0 Å². The fourth-order valence-corrected chi connectivity index (χ4v) is 4.90. The molecule has 0 bridgehead atoms. The summed E-state index contributed by atoms with van der Waals surface area (Å²) in [6.07, 6.45) is 6.52. The Morgan fingerprint density at radius 2 is 2.07 bits per heavy atom. The van der Waals surface area contributed by atoms with Gasteiger partial charge >= 0.3 is 5.97 Å². The molecule has 2 fully saturated rings. The summed E-state index contributed by atoms with van der Waals surface area (Å²) in [4.78, 5) is 30.6. The average molecular weight is 486 g/mol. The maximum atomic E-state index is 12.4. The van der Waals surface area contributed by atoms with Gasteiger partial charge in [0.2, 0.25) is 5.91 Å². The van der Waals surface area contributed by atoms with Gasteiger partial charge in [-0.15, -0.1) is 0 Å². The summed E-state index contributed by atoms with van der Waals surface area (Å²) in [6.45, 7) is 3.75. The van der Waals surface area contributed by atoms with Crippen LogP contribution in [-0.2, 0) is 12.7 Å². The van der Waals surface area contributed by atoms with Gasteiger partial charge in [-0.25, -0.2) is 9.79 Å². The molecule has 4 aliphatic rings. The van der Waals surface area contributed by atoms with Crippen molar-refractivity contribution in [3.63, 3.8) is 0 Å². The highest BCUT2D eigenvalue weighted by Crippen LogP contribution is 2.51. The smallest absolute Gasteiger partial charge is 0.329 e. The molecule has 0 radical (unpaired) electrons. The van der Waals surface area contributed by atoms with E-state index in [-0.39, 0.29) is 17.8 Å². The molecule has 2 unspecified atom stereocenters. The zero-order chi connectivity index (χ0) is 18.8. The lowest BCUT2D eigenvalue weighted by atomic mass is 9.96. The Morgan fingerprint density at radius 3 is 2.85 bits per heavy atom. The first-order valence-corrected chi connectivity index (χ1v) is 10.9. The van der Waals surface area contributed by atoms with Crippen molar-refractivity contribution in [2.45, 2.75) is 38.5 Å². The van der Waals surface area contributed by atoms with Crippen molar-refractivity contribution in [2.75, 3.05) is 32.7 Å². The topological polar surface area (TPSA) is 83.0 Å². The molecule has 1 aliphatic carbocycles. The van der Waals surface area contributed by atoms with Gasteiger partial charge in [0.1, 0.15) is 5.82 Å². The number of carbonyl (C=O) groups is 2. The van der Waals surface area contributed by atoms with Gasteiger partial charge in [-0.2, -0.15) is 0 Å². The molecule has 0 aromatic carbocycles. The Balaban J connectivity index is 1.13. The second kappa shape index (κ2) is 8.46. The third-order valence-electron chi connectivity index (χ3n) is 6.22. The minimum absolute atomic E-state index is 0.142. The molecule has 0 spiro atoms. The van der Waals surface area contributed by atoms with Crippen LogP contribution in [0, 0.1) is 17.8 Å². The molecule has 3 aliphatic heterocycles. The standard InChI is InChI=1S/C19H27IN4O3/c20-27-16(25)11-24-9-14-15(10-24)17(14)19(26)22-8-2-4-13-6-5-12-3-1-7-21-18(12)23-13/h14-15,17,21H,1-11H2,(H,22,26)/t14-,15?,17?/m1/s1. The minimum Gasteiger partial charge on any atom is -0.394 e. The maximum Gasteiger partial charge on any atom is 0.329 e. The van der Waals surface area contributed by atoms with Crippen molar-refractivity contribution in [2.24, 2.45) is 22.7 Å². The van der Waals surface area contributed by atoms with Crippen LogP contribution in [-0.4, -0.2) is 55.2 Å². The largest absolute Gasteiger partial charge is 0.394 e. The van der Waals surface area contributed by atoms with Gasteiger partial charge in [0, 0.05) is 37.8 Å². The summed E-state index contributed by atoms with van der Waals surface area (Å²) in [5.74, 6) is 2.06. The van der Waals surface area contributed by atoms with E-state index in [2.05, 4.69) is 18.6 Å². The van der Waals surface area contributed by atoms with Crippen molar-refractivity contribution >= 4 is 40.6 Å². The highest BCUT2D eigenvalue weighted by Gasteiger charge is 2.59.